The molecule has 0 fully saturated rings. The average molecular weight is 212 g/mol. The molecule has 4 heteroatoms. The number of hydrogen-bond donors (Lipinski definition) is 3. The molecule has 0 aromatic heterocycles. The number of benzene rings is 1. The molecule has 84 valence electrons. The third kappa shape index (κ3) is 3.40. The van der Waals surface area contributed by atoms with Crippen LogP contribution in [0.3, 0.4) is 0 Å². The first kappa shape index (κ1) is 11.8. The van der Waals surface area contributed by atoms with E-state index < -0.39 is 0 Å². The molecular weight excluding hydrogens is 195 g/mol. The Morgan fingerprint density at radius 3 is 2.67 bits per heavy atom. The van der Waals surface area contributed by atoms with Gasteiger partial charge in [0.2, 0.25) is 0 Å². The van der Waals surface area contributed by atoms with Crippen LogP contribution < -0.4 is 11.1 Å². The molecule has 3 nitrogen and oxygen atoms in total. The van der Waals surface area contributed by atoms with Crippen LogP contribution in [0.5, 0.6) is 0 Å². The summed E-state index contributed by atoms with van der Waals surface area (Å²) < 4.78 is 13.4. The van der Waals surface area contributed by atoms with Crippen LogP contribution in [0.15, 0.2) is 18.2 Å². The van der Waals surface area contributed by atoms with Crippen LogP contribution in [0.1, 0.15) is 20.3 Å². The van der Waals surface area contributed by atoms with Gasteiger partial charge in [-0.25, -0.2) is 4.39 Å². The fraction of sp³-hybridized carbons (Fsp3) is 0.455. The Morgan fingerprint density at radius 2 is 2.13 bits per heavy atom. The summed E-state index contributed by atoms with van der Waals surface area (Å²) >= 11 is 0. The lowest BCUT2D eigenvalue weighted by molar-refractivity contribution is 0.260. The monoisotopic (exact) mass is 212 g/mol. The minimum atomic E-state index is -0.374. The number of nitrogens with two attached hydrogens (primary N) is 1. The van der Waals surface area contributed by atoms with Gasteiger partial charge in [0, 0.05) is 17.8 Å². The second kappa shape index (κ2) is 4.49. The van der Waals surface area contributed by atoms with Crippen LogP contribution >= 0.6 is 0 Å². The van der Waals surface area contributed by atoms with Crippen molar-refractivity contribution in [3.8, 4) is 0 Å². The molecule has 4 N–H and O–H groups in total. The molecule has 1 aromatic rings. The summed E-state index contributed by atoms with van der Waals surface area (Å²) in [5.41, 5.74) is 5.91. The van der Waals surface area contributed by atoms with E-state index in [1.807, 2.05) is 13.8 Å². The van der Waals surface area contributed by atoms with Gasteiger partial charge in [-0.2, -0.15) is 0 Å². The van der Waals surface area contributed by atoms with Crippen molar-refractivity contribution in [2.24, 2.45) is 0 Å². The molecule has 0 bridgehead atoms. The number of nitrogens with one attached hydrogen (secondary N) is 1. The van der Waals surface area contributed by atoms with Crippen LogP contribution in [0, 0.1) is 5.82 Å². The van der Waals surface area contributed by atoms with E-state index in [1.54, 1.807) is 12.1 Å². The van der Waals surface area contributed by atoms with Crippen molar-refractivity contribution < 1.29 is 9.50 Å². The predicted octanol–water partition coefficient (Wildman–Crippen LogP) is 1.98. The van der Waals surface area contributed by atoms with Crippen LogP contribution in [0.4, 0.5) is 15.8 Å². The molecule has 1 rings (SSSR count). The van der Waals surface area contributed by atoms with Gasteiger partial charge >= 0.3 is 0 Å². The molecule has 0 spiro atoms. The highest BCUT2D eigenvalue weighted by molar-refractivity contribution is 5.53. The smallest absolute Gasteiger partial charge is 0.148 e. The fourth-order valence-electron chi connectivity index (χ4n) is 1.34. The number of hydrogen-bond acceptors (Lipinski definition) is 3. The summed E-state index contributed by atoms with van der Waals surface area (Å²) in [6.45, 7) is 3.87. The molecule has 0 aliphatic rings. The number of aliphatic hydroxyl groups is 1. The van der Waals surface area contributed by atoms with Crippen LogP contribution in [-0.4, -0.2) is 17.3 Å². The van der Waals surface area contributed by atoms with Gasteiger partial charge in [0.15, 0.2) is 0 Å². The lowest BCUT2D eigenvalue weighted by Crippen LogP contribution is -2.32. The highest BCUT2D eigenvalue weighted by Crippen LogP contribution is 2.22. The molecular formula is C11H17FN2O. The van der Waals surface area contributed by atoms with Crippen LogP contribution in [0.2, 0.25) is 0 Å². The van der Waals surface area contributed by atoms with E-state index in [2.05, 4.69) is 5.32 Å². The summed E-state index contributed by atoms with van der Waals surface area (Å²) in [6, 6.07) is 4.52. The van der Waals surface area contributed by atoms with E-state index in [1.165, 1.54) is 6.07 Å². The van der Waals surface area contributed by atoms with E-state index in [4.69, 9.17) is 10.8 Å². The largest absolute Gasteiger partial charge is 0.399 e. The van der Waals surface area contributed by atoms with E-state index in [-0.39, 0.29) is 18.0 Å². The zero-order chi connectivity index (χ0) is 11.5. The second-order valence-electron chi connectivity index (χ2n) is 4.22. The molecule has 15 heavy (non-hydrogen) atoms. The maximum Gasteiger partial charge on any atom is 0.148 e. The molecule has 0 saturated carbocycles. The fourth-order valence-corrected chi connectivity index (χ4v) is 1.34. The second-order valence-corrected chi connectivity index (χ2v) is 4.22. The van der Waals surface area contributed by atoms with Crippen LogP contribution in [-0.2, 0) is 0 Å². The molecule has 0 atom stereocenters. The maximum atomic E-state index is 13.4. The molecule has 0 aliphatic heterocycles. The van der Waals surface area contributed by atoms with Gasteiger partial charge in [-0.3, -0.25) is 0 Å². The van der Waals surface area contributed by atoms with Gasteiger partial charge in [-0.1, -0.05) is 0 Å². The molecule has 0 aliphatic carbocycles. The first-order chi connectivity index (χ1) is 6.94. The summed E-state index contributed by atoms with van der Waals surface area (Å²) in [6.07, 6.45) is 0.552. The predicted molar refractivity (Wildman–Crippen MR) is 60.2 cm³/mol. The molecule has 0 heterocycles. The van der Waals surface area contributed by atoms with Crippen molar-refractivity contribution in [1.29, 1.82) is 0 Å². The SMILES string of the molecule is CC(C)(CCO)Nc1ccc(N)cc1F. The zero-order valence-corrected chi connectivity index (χ0v) is 9.05. The van der Waals surface area contributed by atoms with Gasteiger partial charge in [-0.15, -0.1) is 0 Å². The number of halogens is 1. The summed E-state index contributed by atoms with van der Waals surface area (Å²) in [7, 11) is 0. The lowest BCUT2D eigenvalue weighted by atomic mass is 10.0. The number of rotatable bonds is 4. The van der Waals surface area contributed by atoms with E-state index in [9.17, 15) is 4.39 Å². The Kier molecular flexibility index (Phi) is 3.52. The molecule has 0 amide bonds. The minimum absolute atomic E-state index is 0.0661. The first-order valence-corrected chi connectivity index (χ1v) is 4.89. The first-order valence-electron chi connectivity index (χ1n) is 4.89. The Labute approximate surface area is 89.1 Å². The Balaban J connectivity index is 2.80. The van der Waals surface area contributed by atoms with E-state index >= 15 is 0 Å². The highest BCUT2D eigenvalue weighted by atomic mass is 19.1. The molecule has 0 unspecified atom stereocenters. The van der Waals surface area contributed by atoms with Crippen LogP contribution in [0.25, 0.3) is 0 Å². The van der Waals surface area contributed by atoms with Gasteiger partial charge in [0.05, 0.1) is 5.69 Å². The lowest BCUT2D eigenvalue weighted by Gasteiger charge is -2.27. The van der Waals surface area contributed by atoms with Crippen molar-refractivity contribution in [3.05, 3.63) is 24.0 Å². The van der Waals surface area contributed by atoms with Gasteiger partial charge in [-0.05, 0) is 38.5 Å². The average Bonchev–Trinajstić information content (AvgIpc) is 2.09. The Bertz CT molecular complexity index is 339. The van der Waals surface area contributed by atoms with Crippen molar-refractivity contribution in [3.63, 3.8) is 0 Å². The molecule has 1 aromatic carbocycles. The number of anilines is 2. The quantitative estimate of drug-likeness (QED) is 0.669. The Hall–Kier alpha value is -1.29. The highest BCUT2D eigenvalue weighted by Gasteiger charge is 2.18. The van der Waals surface area contributed by atoms with Crippen molar-refractivity contribution in [1.82, 2.24) is 0 Å². The van der Waals surface area contributed by atoms with Crippen molar-refractivity contribution >= 4 is 11.4 Å². The number of nitrogen functional groups attached to an aromatic ring is 1. The van der Waals surface area contributed by atoms with Gasteiger partial charge in [0.1, 0.15) is 5.82 Å². The minimum Gasteiger partial charge on any atom is -0.399 e. The van der Waals surface area contributed by atoms with Crippen molar-refractivity contribution in [2.75, 3.05) is 17.7 Å². The standard InChI is InChI=1S/C11H17FN2O/c1-11(2,5-6-15)14-10-4-3-8(13)7-9(10)12/h3-4,7,14-15H,5-6,13H2,1-2H3. The van der Waals surface area contributed by atoms with Crippen molar-refractivity contribution in [2.45, 2.75) is 25.8 Å². The normalized spacial score (nSPS) is 11.5. The number of aliphatic hydroxyl groups excluding tert-OH is 1. The zero-order valence-electron chi connectivity index (χ0n) is 9.05. The molecule has 0 saturated heterocycles. The third-order valence-corrected chi connectivity index (χ3v) is 2.20. The molecule has 0 radical (unpaired) electrons. The summed E-state index contributed by atoms with van der Waals surface area (Å²) in [4.78, 5) is 0. The topological polar surface area (TPSA) is 58.3 Å². The van der Waals surface area contributed by atoms with E-state index in [0.717, 1.165) is 0 Å². The third-order valence-electron chi connectivity index (χ3n) is 2.20. The van der Waals surface area contributed by atoms with E-state index in [0.29, 0.717) is 17.8 Å². The summed E-state index contributed by atoms with van der Waals surface area (Å²) in [5, 5.41) is 11.9. The van der Waals surface area contributed by atoms with Gasteiger partial charge in [0.25, 0.3) is 0 Å². The maximum absolute atomic E-state index is 13.4. The Morgan fingerprint density at radius 1 is 1.47 bits per heavy atom. The van der Waals surface area contributed by atoms with Gasteiger partial charge < -0.3 is 16.2 Å². The summed E-state index contributed by atoms with van der Waals surface area (Å²) in [5.74, 6) is -0.374.